The highest BCUT2D eigenvalue weighted by molar-refractivity contribution is 7.89. The van der Waals surface area contributed by atoms with Gasteiger partial charge in [-0.1, -0.05) is 13.8 Å². The molecule has 0 aliphatic heterocycles. The maximum atomic E-state index is 13.8. The van der Waals surface area contributed by atoms with Crippen molar-refractivity contribution in [2.45, 2.75) is 31.2 Å². The van der Waals surface area contributed by atoms with Crippen LogP contribution in [0.2, 0.25) is 0 Å². The van der Waals surface area contributed by atoms with Gasteiger partial charge >= 0.3 is 0 Å². The van der Waals surface area contributed by atoms with Crippen LogP contribution < -0.4 is 10.5 Å². The van der Waals surface area contributed by atoms with Crippen LogP contribution in [0.4, 0.5) is 10.1 Å². The van der Waals surface area contributed by atoms with E-state index in [0.29, 0.717) is 12.5 Å². The Morgan fingerprint density at radius 3 is 2.48 bits per heavy atom. The molecule has 0 radical (unpaired) electrons. The van der Waals surface area contributed by atoms with Crippen LogP contribution in [0.3, 0.4) is 0 Å². The van der Waals surface area contributed by atoms with Crippen LogP contribution in [-0.2, 0) is 10.0 Å². The maximum absolute atomic E-state index is 13.8. The van der Waals surface area contributed by atoms with E-state index in [1.165, 1.54) is 0 Å². The molecule has 0 aliphatic rings. The number of hydrogen-bond acceptors (Lipinski definition) is 5. The number of halogens is 1. The molecule has 1 rings (SSSR count). The van der Waals surface area contributed by atoms with Crippen molar-refractivity contribution in [2.24, 2.45) is 11.7 Å². The van der Waals surface area contributed by atoms with E-state index in [9.17, 15) is 22.9 Å². The standard InChI is InChI=1S/C12H18FN3O4S/c1-8(2)5-9(7-14)15-21(19,20)12-4-3-10(16(17)18)6-11(12)13/h3-4,6,8-9,15H,5,7,14H2,1-2H3. The first-order valence-corrected chi connectivity index (χ1v) is 7.82. The number of nitrogens with one attached hydrogen (secondary N) is 1. The minimum absolute atomic E-state index is 0.0754. The molecule has 0 spiro atoms. The van der Waals surface area contributed by atoms with Gasteiger partial charge in [0.1, 0.15) is 10.7 Å². The van der Waals surface area contributed by atoms with Gasteiger partial charge in [0.15, 0.2) is 0 Å². The summed E-state index contributed by atoms with van der Waals surface area (Å²) in [6.07, 6.45) is 0.504. The van der Waals surface area contributed by atoms with E-state index in [1.54, 1.807) is 0 Å². The Morgan fingerprint density at radius 2 is 2.05 bits per heavy atom. The van der Waals surface area contributed by atoms with Crippen molar-refractivity contribution in [2.75, 3.05) is 6.54 Å². The number of nitrogens with two attached hydrogens (primary N) is 1. The van der Waals surface area contributed by atoms with Crippen LogP contribution in [-0.4, -0.2) is 25.9 Å². The molecule has 0 heterocycles. The molecule has 0 aromatic heterocycles. The number of sulfonamides is 1. The molecular formula is C12H18FN3O4S. The van der Waals surface area contributed by atoms with Crippen molar-refractivity contribution in [3.8, 4) is 0 Å². The minimum Gasteiger partial charge on any atom is -0.329 e. The minimum atomic E-state index is -4.12. The summed E-state index contributed by atoms with van der Waals surface area (Å²) >= 11 is 0. The summed E-state index contributed by atoms with van der Waals surface area (Å²) in [5.41, 5.74) is 4.99. The van der Waals surface area contributed by atoms with E-state index in [4.69, 9.17) is 5.73 Å². The van der Waals surface area contributed by atoms with Crippen molar-refractivity contribution >= 4 is 15.7 Å². The zero-order valence-corrected chi connectivity index (χ0v) is 12.6. The largest absolute Gasteiger partial charge is 0.329 e. The van der Waals surface area contributed by atoms with Gasteiger partial charge in [-0.2, -0.15) is 0 Å². The van der Waals surface area contributed by atoms with Gasteiger partial charge < -0.3 is 5.73 Å². The number of hydrogen-bond donors (Lipinski definition) is 2. The van der Waals surface area contributed by atoms with Crippen LogP contribution >= 0.6 is 0 Å². The fourth-order valence-electron chi connectivity index (χ4n) is 1.87. The number of benzene rings is 1. The molecule has 1 atom stereocenters. The molecule has 0 aliphatic carbocycles. The average Bonchev–Trinajstić information content (AvgIpc) is 2.36. The third-order valence-electron chi connectivity index (χ3n) is 2.78. The summed E-state index contributed by atoms with van der Waals surface area (Å²) in [4.78, 5) is 9.09. The van der Waals surface area contributed by atoms with Gasteiger partial charge in [0.05, 0.1) is 11.0 Å². The smallest absolute Gasteiger partial charge is 0.272 e. The summed E-state index contributed by atoms with van der Waals surface area (Å²) in [5.74, 6) is -0.958. The lowest BCUT2D eigenvalue weighted by molar-refractivity contribution is -0.385. The van der Waals surface area contributed by atoms with Crippen molar-refractivity contribution < 1.29 is 17.7 Å². The second kappa shape index (κ2) is 6.92. The summed E-state index contributed by atoms with van der Waals surface area (Å²) in [5, 5.41) is 10.5. The quantitative estimate of drug-likeness (QED) is 0.582. The van der Waals surface area contributed by atoms with E-state index < -0.39 is 37.4 Å². The van der Waals surface area contributed by atoms with Gasteiger partial charge in [0.2, 0.25) is 10.0 Å². The first kappa shape index (κ1) is 17.5. The van der Waals surface area contributed by atoms with E-state index in [1.807, 2.05) is 13.8 Å². The Morgan fingerprint density at radius 1 is 1.43 bits per heavy atom. The number of nitrogens with zero attached hydrogens (tertiary/aromatic N) is 1. The second-order valence-electron chi connectivity index (χ2n) is 5.06. The summed E-state index contributed by atoms with van der Waals surface area (Å²) in [6, 6.07) is 1.87. The summed E-state index contributed by atoms with van der Waals surface area (Å²) in [7, 11) is -4.12. The van der Waals surface area contributed by atoms with Crippen LogP contribution in [0.1, 0.15) is 20.3 Å². The predicted molar refractivity (Wildman–Crippen MR) is 75.7 cm³/mol. The van der Waals surface area contributed by atoms with E-state index >= 15 is 0 Å². The van der Waals surface area contributed by atoms with Gasteiger partial charge in [0, 0.05) is 18.7 Å². The molecule has 118 valence electrons. The lowest BCUT2D eigenvalue weighted by Crippen LogP contribution is -2.41. The van der Waals surface area contributed by atoms with Crippen molar-refractivity contribution in [3.05, 3.63) is 34.1 Å². The van der Waals surface area contributed by atoms with Crippen LogP contribution in [0.15, 0.2) is 23.1 Å². The lowest BCUT2D eigenvalue weighted by Gasteiger charge is -2.18. The fourth-order valence-corrected chi connectivity index (χ4v) is 3.19. The molecule has 21 heavy (non-hydrogen) atoms. The third kappa shape index (κ3) is 4.73. The second-order valence-corrected chi connectivity index (χ2v) is 6.74. The Labute approximate surface area is 122 Å². The number of rotatable bonds is 7. The monoisotopic (exact) mass is 319 g/mol. The molecule has 3 N–H and O–H groups in total. The maximum Gasteiger partial charge on any atom is 0.272 e. The molecule has 1 aromatic rings. The highest BCUT2D eigenvalue weighted by Crippen LogP contribution is 2.21. The van der Waals surface area contributed by atoms with E-state index in [2.05, 4.69) is 4.72 Å². The normalized spacial score (nSPS) is 13.4. The molecule has 0 bridgehead atoms. The Hall–Kier alpha value is -1.58. The zero-order valence-electron chi connectivity index (χ0n) is 11.7. The molecule has 1 unspecified atom stereocenters. The Kier molecular flexibility index (Phi) is 5.76. The highest BCUT2D eigenvalue weighted by atomic mass is 32.2. The number of nitro groups is 1. The third-order valence-corrected chi connectivity index (χ3v) is 4.33. The zero-order chi connectivity index (χ0) is 16.2. The summed E-state index contributed by atoms with van der Waals surface area (Å²) < 4.78 is 40.3. The SMILES string of the molecule is CC(C)CC(CN)NS(=O)(=O)c1ccc([N+](=O)[O-])cc1F. The van der Waals surface area contributed by atoms with Crippen LogP contribution in [0, 0.1) is 21.8 Å². The molecule has 0 fully saturated rings. The first-order chi connectivity index (χ1) is 9.67. The Bertz CT molecular complexity index is 619. The van der Waals surface area contributed by atoms with Gasteiger partial charge in [0.25, 0.3) is 5.69 Å². The lowest BCUT2D eigenvalue weighted by atomic mass is 10.1. The van der Waals surface area contributed by atoms with Gasteiger partial charge in [-0.3, -0.25) is 10.1 Å². The average molecular weight is 319 g/mol. The number of non-ortho nitro benzene ring substituents is 1. The molecule has 0 amide bonds. The van der Waals surface area contributed by atoms with Gasteiger partial charge in [-0.15, -0.1) is 0 Å². The molecule has 0 saturated carbocycles. The van der Waals surface area contributed by atoms with Crippen LogP contribution in [0.5, 0.6) is 0 Å². The molecule has 0 saturated heterocycles. The van der Waals surface area contributed by atoms with E-state index in [-0.39, 0.29) is 12.5 Å². The van der Waals surface area contributed by atoms with Gasteiger partial charge in [-0.25, -0.2) is 17.5 Å². The highest BCUT2D eigenvalue weighted by Gasteiger charge is 2.24. The predicted octanol–water partition coefficient (Wildman–Crippen LogP) is 1.39. The first-order valence-electron chi connectivity index (χ1n) is 6.33. The summed E-state index contributed by atoms with van der Waals surface area (Å²) in [6.45, 7) is 3.89. The van der Waals surface area contributed by atoms with E-state index in [0.717, 1.165) is 12.1 Å². The van der Waals surface area contributed by atoms with Crippen molar-refractivity contribution in [1.82, 2.24) is 4.72 Å². The van der Waals surface area contributed by atoms with Crippen molar-refractivity contribution in [1.29, 1.82) is 0 Å². The molecule has 7 nitrogen and oxygen atoms in total. The molecule has 9 heteroatoms. The van der Waals surface area contributed by atoms with Gasteiger partial charge in [-0.05, 0) is 18.4 Å². The fraction of sp³-hybridized carbons (Fsp3) is 0.500. The molecule has 1 aromatic carbocycles. The Balaban J connectivity index is 3.05. The molecular weight excluding hydrogens is 301 g/mol. The number of nitro benzene ring substituents is 1. The van der Waals surface area contributed by atoms with Crippen molar-refractivity contribution in [3.63, 3.8) is 0 Å². The topological polar surface area (TPSA) is 115 Å². The van der Waals surface area contributed by atoms with Crippen LogP contribution in [0.25, 0.3) is 0 Å².